The van der Waals surface area contributed by atoms with Crippen LogP contribution >= 0.6 is 0 Å². The van der Waals surface area contributed by atoms with Gasteiger partial charge in [-0.15, -0.1) is 0 Å². The Labute approximate surface area is 155 Å². The van der Waals surface area contributed by atoms with Gasteiger partial charge in [-0.25, -0.2) is 27.5 Å². The molecule has 0 fully saturated rings. The minimum atomic E-state index is -3.86. The van der Waals surface area contributed by atoms with Crippen molar-refractivity contribution < 1.29 is 17.6 Å². The molecule has 7 nitrogen and oxygen atoms in total. The summed E-state index contributed by atoms with van der Waals surface area (Å²) in [6, 6.07) is 12.3. The number of aromatic nitrogens is 2. The fourth-order valence-corrected chi connectivity index (χ4v) is 3.15. The molecule has 138 valence electrons. The number of carbonyl (C=O) groups excluding carboxylic acids is 1. The van der Waals surface area contributed by atoms with Crippen molar-refractivity contribution in [3.05, 3.63) is 77.9 Å². The van der Waals surface area contributed by atoms with Gasteiger partial charge in [-0.05, 0) is 61.5 Å². The molecule has 0 aliphatic carbocycles. The van der Waals surface area contributed by atoms with Gasteiger partial charge >= 0.3 is 0 Å². The van der Waals surface area contributed by atoms with Crippen LogP contribution in [-0.2, 0) is 10.0 Å². The lowest BCUT2D eigenvalue weighted by molar-refractivity contribution is 0.102. The highest BCUT2D eigenvalue weighted by atomic mass is 32.2. The number of rotatable bonds is 5. The topological polar surface area (TPSA) is 101 Å². The lowest BCUT2D eigenvalue weighted by atomic mass is 10.2. The van der Waals surface area contributed by atoms with Crippen LogP contribution in [0.1, 0.15) is 16.1 Å². The number of hydrogen-bond donors (Lipinski definition) is 2. The molecule has 3 rings (SSSR count). The molecule has 0 bridgehead atoms. The minimum Gasteiger partial charge on any atom is -0.322 e. The van der Waals surface area contributed by atoms with E-state index in [1.807, 2.05) is 0 Å². The van der Waals surface area contributed by atoms with Crippen LogP contribution in [0.15, 0.2) is 65.7 Å². The second kappa shape index (κ2) is 7.50. The van der Waals surface area contributed by atoms with E-state index in [1.165, 1.54) is 54.7 Å². The molecule has 1 heterocycles. The summed E-state index contributed by atoms with van der Waals surface area (Å²) in [7, 11) is -3.86. The number of benzene rings is 2. The zero-order chi connectivity index (χ0) is 19.4. The van der Waals surface area contributed by atoms with Gasteiger partial charge in [0.25, 0.3) is 15.9 Å². The van der Waals surface area contributed by atoms with Crippen LogP contribution in [0, 0.1) is 12.7 Å². The van der Waals surface area contributed by atoms with E-state index in [2.05, 4.69) is 20.0 Å². The largest absolute Gasteiger partial charge is 0.322 e. The standard InChI is InChI=1S/C18H15FN4O3S/c1-12-10-11-20-18(21-12)23-27(25,26)16-8-6-15(7-9-16)22-17(24)13-2-4-14(19)5-3-13/h2-11H,1H3,(H,22,24)(H,20,21,23). The molecule has 2 N–H and O–H groups in total. The summed E-state index contributed by atoms with van der Waals surface area (Å²) in [5.41, 5.74) is 1.31. The Morgan fingerprint density at radius 3 is 2.30 bits per heavy atom. The zero-order valence-electron chi connectivity index (χ0n) is 14.2. The molecular formula is C18H15FN4O3S. The fraction of sp³-hybridized carbons (Fsp3) is 0.0556. The van der Waals surface area contributed by atoms with Crippen LogP contribution in [0.25, 0.3) is 0 Å². The van der Waals surface area contributed by atoms with Crippen molar-refractivity contribution in [1.29, 1.82) is 0 Å². The van der Waals surface area contributed by atoms with Crippen LogP contribution in [-0.4, -0.2) is 24.3 Å². The average Bonchev–Trinajstić information content (AvgIpc) is 2.62. The van der Waals surface area contributed by atoms with Crippen molar-refractivity contribution in [1.82, 2.24) is 9.97 Å². The number of anilines is 2. The Bertz CT molecular complexity index is 1070. The third kappa shape index (κ3) is 4.64. The second-order valence-electron chi connectivity index (χ2n) is 5.61. The highest BCUT2D eigenvalue weighted by Crippen LogP contribution is 2.17. The van der Waals surface area contributed by atoms with Gasteiger partial charge in [0.1, 0.15) is 5.82 Å². The first-order valence-electron chi connectivity index (χ1n) is 7.83. The lowest BCUT2D eigenvalue weighted by Gasteiger charge is -2.09. The summed E-state index contributed by atoms with van der Waals surface area (Å²) in [6.45, 7) is 1.72. The Hall–Kier alpha value is -3.33. The van der Waals surface area contributed by atoms with Gasteiger partial charge in [0, 0.05) is 23.1 Å². The summed E-state index contributed by atoms with van der Waals surface area (Å²) >= 11 is 0. The number of nitrogens with one attached hydrogen (secondary N) is 2. The maximum atomic E-state index is 12.9. The highest BCUT2D eigenvalue weighted by Gasteiger charge is 2.16. The monoisotopic (exact) mass is 386 g/mol. The third-order valence-corrected chi connectivity index (χ3v) is 4.89. The van der Waals surface area contributed by atoms with E-state index in [-0.39, 0.29) is 16.4 Å². The Kier molecular flexibility index (Phi) is 5.13. The summed E-state index contributed by atoms with van der Waals surface area (Å²) in [4.78, 5) is 19.9. The predicted octanol–water partition coefficient (Wildman–Crippen LogP) is 2.98. The molecule has 0 radical (unpaired) electrons. The van der Waals surface area contributed by atoms with Crippen molar-refractivity contribution in [2.24, 2.45) is 0 Å². The predicted molar refractivity (Wildman–Crippen MR) is 98.4 cm³/mol. The van der Waals surface area contributed by atoms with Gasteiger partial charge in [0.15, 0.2) is 0 Å². The van der Waals surface area contributed by atoms with Crippen molar-refractivity contribution in [2.75, 3.05) is 10.0 Å². The summed E-state index contributed by atoms with van der Waals surface area (Å²) in [6.07, 6.45) is 1.45. The molecule has 0 spiro atoms. The third-order valence-electron chi connectivity index (χ3n) is 3.55. The van der Waals surface area contributed by atoms with E-state index in [9.17, 15) is 17.6 Å². The van der Waals surface area contributed by atoms with Crippen LogP contribution in [0.3, 0.4) is 0 Å². The molecule has 0 aliphatic rings. The molecule has 1 aromatic heterocycles. The van der Waals surface area contributed by atoms with Crippen molar-refractivity contribution in [3.63, 3.8) is 0 Å². The minimum absolute atomic E-state index is 0.00705. The summed E-state index contributed by atoms with van der Waals surface area (Å²) in [5, 5.41) is 2.61. The van der Waals surface area contributed by atoms with Gasteiger partial charge in [0.05, 0.1) is 4.90 Å². The van der Waals surface area contributed by atoms with Crippen molar-refractivity contribution >= 4 is 27.6 Å². The summed E-state index contributed by atoms with van der Waals surface area (Å²) in [5.74, 6) is -0.896. The molecule has 1 amide bonds. The molecule has 0 saturated carbocycles. The normalized spacial score (nSPS) is 11.0. The van der Waals surface area contributed by atoms with E-state index in [1.54, 1.807) is 13.0 Å². The van der Waals surface area contributed by atoms with E-state index < -0.39 is 21.7 Å². The van der Waals surface area contributed by atoms with Gasteiger partial charge in [-0.2, -0.15) is 0 Å². The van der Waals surface area contributed by atoms with Crippen LogP contribution < -0.4 is 10.0 Å². The number of sulfonamides is 1. The number of halogens is 1. The number of amides is 1. The Balaban J connectivity index is 1.72. The van der Waals surface area contributed by atoms with Gasteiger partial charge in [-0.3, -0.25) is 4.79 Å². The first-order chi connectivity index (χ1) is 12.8. The molecule has 0 atom stereocenters. The first-order valence-corrected chi connectivity index (χ1v) is 9.31. The molecular weight excluding hydrogens is 371 g/mol. The van der Waals surface area contributed by atoms with Crippen molar-refractivity contribution in [2.45, 2.75) is 11.8 Å². The smallest absolute Gasteiger partial charge is 0.264 e. The SMILES string of the molecule is Cc1ccnc(NS(=O)(=O)c2ccc(NC(=O)c3ccc(F)cc3)cc2)n1. The van der Waals surface area contributed by atoms with Gasteiger partial charge in [0.2, 0.25) is 5.95 Å². The van der Waals surface area contributed by atoms with Gasteiger partial charge in [-0.1, -0.05) is 0 Å². The number of carbonyl (C=O) groups is 1. The number of aryl methyl sites for hydroxylation is 1. The van der Waals surface area contributed by atoms with Crippen molar-refractivity contribution in [3.8, 4) is 0 Å². The van der Waals surface area contributed by atoms with Crippen LogP contribution in [0.5, 0.6) is 0 Å². The quantitative estimate of drug-likeness (QED) is 0.702. The maximum absolute atomic E-state index is 12.9. The Morgan fingerprint density at radius 1 is 1.00 bits per heavy atom. The number of nitrogens with zero attached hydrogens (tertiary/aromatic N) is 2. The van der Waals surface area contributed by atoms with E-state index in [0.29, 0.717) is 11.4 Å². The average molecular weight is 386 g/mol. The van der Waals surface area contributed by atoms with E-state index in [4.69, 9.17) is 0 Å². The lowest BCUT2D eigenvalue weighted by Crippen LogP contribution is -2.15. The molecule has 0 aliphatic heterocycles. The van der Waals surface area contributed by atoms with E-state index in [0.717, 1.165) is 0 Å². The fourth-order valence-electron chi connectivity index (χ4n) is 2.20. The van der Waals surface area contributed by atoms with Crippen LogP contribution in [0.2, 0.25) is 0 Å². The molecule has 3 aromatic rings. The second-order valence-corrected chi connectivity index (χ2v) is 7.29. The summed E-state index contributed by atoms with van der Waals surface area (Å²) < 4.78 is 40.0. The zero-order valence-corrected chi connectivity index (χ0v) is 15.0. The molecule has 2 aromatic carbocycles. The number of hydrogen-bond acceptors (Lipinski definition) is 5. The van der Waals surface area contributed by atoms with Crippen LogP contribution in [0.4, 0.5) is 16.0 Å². The highest BCUT2D eigenvalue weighted by molar-refractivity contribution is 7.92. The molecule has 27 heavy (non-hydrogen) atoms. The maximum Gasteiger partial charge on any atom is 0.264 e. The molecule has 0 saturated heterocycles. The van der Waals surface area contributed by atoms with E-state index >= 15 is 0 Å². The molecule has 0 unspecified atom stereocenters. The first kappa shape index (κ1) is 18.5. The molecule has 9 heteroatoms. The Morgan fingerprint density at radius 2 is 1.67 bits per heavy atom. The van der Waals surface area contributed by atoms with Gasteiger partial charge < -0.3 is 5.32 Å².